The first-order valence-corrected chi connectivity index (χ1v) is 7.99. The van der Waals surface area contributed by atoms with Crippen molar-refractivity contribution < 1.29 is 0 Å². The van der Waals surface area contributed by atoms with Gasteiger partial charge in [0.25, 0.3) is 0 Å². The van der Waals surface area contributed by atoms with E-state index in [2.05, 4.69) is 37.0 Å². The van der Waals surface area contributed by atoms with E-state index in [0.29, 0.717) is 11.5 Å². The van der Waals surface area contributed by atoms with Crippen LogP contribution in [0.15, 0.2) is 12.4 Å². The van der Waals surface area contributed by atoms with Crippen LogP contribution in [0.1, 0.15) is 58.1 Å². The maximum Gasteiger partial charge on any atom is 0.0538 e. The lowest BCUT2D eigenvalue weighted by atomic mass is 9.73. The molecule has 1 aromatic heterocycles. The van der Waals surface area contributed by atoms with Gasteiger partial charge in [0.15, 0.2) is 0 Å². The number of rotatable bonds is 5. The summed E-state index contributed by atoms with van der Waals surface area (Å²) in [7, 11) is 1.97. The normalized spacial score (nSPS) is 22.6. The third-order valence-corrected chi connectivity index (χ3v) is 5.32. The molecule has 0 aromatic carbocycles. The zero-order chi connectivity index (χ0) is 14.8. The van der Waals surface area contributed by atoms with Gasteiger partial charge < -0.3 is 5.73 Å². The summed E-state index contributed by atoms with van der Waals surface area (Å²) < 4.78 is 1.87. The molecule has 0 amide bonds. The molecule has 1 fully saturated rings. The van der Waals surface area contributed by atoms with Crippen LogP contribution in [-0.2, 0) is 7.05 Å². The quantitative estimate of drug-likeness (QED) is 0.901. The fourth-order valence-electron chi connectivity index (χ4n) is 3.67. The Kier molecular flexibility index (Phi) is 4.86. The topological polar surface area (TPSA) is 47.1 Å². The number of aryl methyl sites for hydroxylation is 1. The van der Waals surface area contributed by atoms with Crippen molar-refractivity contribution in [2.24, 2.45) is 18.2 Å². The van der Waals surface area contributed by atoms with Crippen LogP contribution in [0.25, 0.3) is 0 Å². The molecular weight excluding hydrogens is 248 g/mol. The molecule has 0 saturated carbocycles. The largest absolute Gasteiger partial charge is 0.326 e. The van der Waals surface area contributed by atoms with Crippen LogP contribution in [0.4, 0.5) is 0 Å². The number of nitrogens with two attached hydrogens (primary N) is 1. The summed E-state index contributed by atoms with van der Waals surface area (Å²) in [5.74, 6) is 0. The molecule has 2 N–H and O–H groups in total. The third-order valence-electron chi connectivity index (χ3n) is 5.32. The summed E-state index contributed by atoms with van der Waals surface area (Å²) in [5.41, 5.74) is 8.08. The second-order valence-electron chi connectivity index (χ2n) is 6.49. The number of nitrogens with zero attached hydrogens (tertiary/aromatic N) is 3. The molecule has 20 heavy (non-hydrogen) atoms. The molecule has 114 valence electrons. The van der Waals surface area contributed by atoms with E-state index in [-0.39, 0.29) is 6.04 Å². The molecule has 2 unspecified atom stereocenters. The van der Waals surface area contributed by atoms with E-state index < -0.39 is 0 Å². The monoisotopic (exact) mass is 278 g/mol. The summed E-state index contributed by atoms with van der Waals surface area (Å²) in [6, 6.07) is 0.436. The molecule has 0 spiro atoms. The van der Waals surface area contributed by atoms with E-state index in [1.165, 1.54) is 31.2 Å². The van der Waals surface area contributed by atoms with Crippen molar-refractivity contribution in [3.8, 4) is 0 Å². The van der Waals surface area contributed by atoms with Gasteiger partial charge in [0.2, 0.25) is 0 Å². The van der Waals surface area contributed by atoms with Crippen molar-refractivity contribution in [2.45, 2.75) is 58.5 Å². The first-order valence-electron chi connectivity index (χ1n) is 7.99. The first kappa shape index (κ1) is 15.5. The molecule has 0 bridgehead atoms. The molecule has 4 heteroatoms. The van der Waals surface area contributed by atoms with Crippen molar-refractivity contribution in [3.63, 3.8) is 0 Å². The molecule has 2 rings (SSSR count). The average Bonchev–Trinajstić information content (AvgIpc) is 2.86. The number of piperidine rings is 1. The van der Waals surface area contributed by atoms with Gasteiger partial charge in [-0.1, -0.05) is 26.7 Å². The van der Waals surface area contributed by atoms with Crippen molar-refractivity contribution in [2.75, 3.05) is 13.1 Å². The van der Waals surface area contributed by atoms with Crippen LogP contribution in [0, 0.1) is 5.41 Å². The van der Waals surface area contributed by atoms with Gasteiger partial charge in [0.1, 0.15) is 0 Å². The predicted molar refractivity (Wildman–Crippen MR) is 83.4 cm³/mol. The zero-order valence-corrected chi connectivity index (χ0v) is 13.5. The molecule has 4 nitrogen and oxygen atoms in total. The fraction of sp³-hybridized carbons (Fsp3) is 0.812. The van der Waals surface area contributed by atoms with E-state index in [1.807, 2.05) is 17.9 Å². The fourth-order valence-corrected chi connectivity index (χ4v) is 3.67. The Balaban J connectivity index is 2.10. The van der Waals surface area contributed by atoms with Crippen molar-refractivity contribution in [1.29, 1.82) is 0 Å². The highest BCUT2D eigenvalue weighted by molar-refractivity contribution is 5.13. The van der Waals surface area contributed by atoms with Crippen LogP contribution < -0.4 is 5.73 Å². The highest BCUT2D eigenvalue weighted by Crippen LogP contribution is 2.40. The van der Waals surface area contributed by atoms with Crippen LogP contribution in [0.5, 0.6) is 0 Å². The number of likely N-dealkylation sites (tertiary alicyclic amines) is 1. The molecule has 0 aliphatic carbocycles. The molecule has 1 aliphatic rings. The number of hydrogen-bond acceptors (Lipinski definition) is 3. The summed E-state index contributed by atoms with van der Waals surface area (Å²) in [6.07, 6.45) is 9.26. The van der Waals surface area contributed by atoms with E-state index in [0.717, 1.165) is 13.1 Å². The minimum absolute atomic E-state index is 0.134. The standard InChI is InChI=1S/C16H30N4/c1-5-16(6-2)7-9-20(10-8-16)15(13(3)17)14-11-18-19(4)12-14/h11-13,15H,5-10,17H2,1-4H3. The zero-order valence-electron chi connectivity index (χ0n) is 13.5. The Morgan fingerprint density at radius 2 is 1.90 bits per heavy atom. The van der Waals surface area contributed by atoms with Gasteiger partial charge in [-0.05, 0) is 38.3 Å². The minimum atomic E-state index is 0.134. The minimum Gasteiger partial charge on any atom is -0.326 e. The van der Waals surface area contributed by atoms with E-state index >= 15 is 0 Å². The van der Waals surface area contributed by atoms with Crippen molar-refractivity contribution in [3.05, 3.63) is 18.0 Å². The lowest BCUT2D eigenvalue weighted by Crippen LogP contribution is -2.46. The second kappa shape index (κ2) is 6.27. The lowest BCUT2D eigenvalue weighted by Gasteiger charge is -2.44. The lowest BCUT2D eigenvalue weighted by molar-refractivity contribution is 0.0587. The Morgan fingerprint density at radius 1 is 1.30 bits per heavy atom. The number of aromatic nitrogens is 2. The van der Waals surface area contributed by atoms with E-state index in [1.54, 1.807) is 0 Å². The molecule has 1 aromatic rings. The van der Waals surface area contributed by atoms with Gasteiger partial charge in [-0.25, -0.2) is 0 Å². The summed E-state index contributed by atoms with van der Waals surface area (Å²) >= 11 is 0. The molecule has 1 saturated heterocycles. The summed E-state index contributed by atoms with van der Waals surface area (Å²) in [6.45, 7) is 9.09. The molecule has 0 radical (unpaired) electrons. The molecule has 1 aliphatic heterocycles. The van der Waals surface area contributed by atoms with E-state index in [4.69, 9.17) is 5.73 Å². The summed E-state index contributed by atoms with van der Waals surface area (Å²) in [4.78, 5) is 2.56. The smallest absolute Gasteiger partial charge is 0.0538 e. The van der Waals surface area contributed by atoms with E-state index in [9.17, 15) is 0 Å². The Bertz CT molecular complexity index is 410. The predicted octanol–water partition coefficient (Wildman–Crippen LogP) is 2.71. The Morgan fingerprint density at radius 3 is 2.30 bits per heavy atom. The summed E-state index contributed by atoms with van der Waals surface area (Å²) in [5, 5.41) is 4.31. The van der Waals surface area contributed by atoms with Gasteiger partial charge in [0.05, 0.1) is 12.2 Å². The van der Waals surface area contributed by atoms with Gasteiger partial charge in [-0.15, -0.1) is 0 Å². The van der Waals surface area contributed by atoms with Gasteiger partial charge in [-0.2, -0.15) is 5.10 Å². The maximum atomic E-state index is 6.26. The second-order valence-corrected chi connectivity index (χ2v) is 6.49. The average molecular weight is 278 g/mol. The molecular formula is C16H30N4. The van der Waals surface area contributed by atoms with Crippen LogP contribution >= 0.6 is 0 Å². The molecule has 2 heterocycles. The van der Waals surface area contributed by atoms with Gasteiger partial charge >= 0.3 is 0 Å². The van der Waals surface area contributed by atoms with Gasteiger partial charge in [-0.3, -0.25) is 9.58 Å². The van der Waals surface area contributed by atoms with Crippen molar-refractivity contribution in [1.82, 2.24) is 14.7 Å². The Hall–Kier alpha value is -0.870. The van der Waals surface area contributed by atoms with Gasteiger partial charge in [0, 0.05) is 24.8 Å². The van der Waals surface area contributed by atoms with Crippen molar-refractivity contribution >= 4 is 0 Å². The van der Waals surface area contributed by atoms with Crippen LogP contribution in [0.2, 0.25) is 0 Å². The number of hydrogen-bond donors (Lipinski definition) is 1. The maximum absolute atomic E-state index is 6.26. The van der Waals surface area contributed by atoms with Crippen LogP contribution in [-0.4, -0.2) is 33.8 Å². The first-order chi connectivity index (χ1) is 9.51. The third kappa shape index (κ3) is 3.07. The Labute approximate surface area is 123 Å². The van der Waals surface area contributed by atoms with Crippen LogP contribution in [0.3, 0.4) is 0 Å². The highest BCUT2D eigenvalue weighted by Gasteiger charge is 2.35. The SMILES string of the molecule is CCC1(CC)CCN(C(c2cnn(C)c2)C(C)N)CC1. The molecule has 2 atom stereocenters. The highest BCUT2D eigenvalue weighted by atomic mass is 15.3.